The van der Waals surface area contributed by atoms with Crippen LogP contribution < -0.4 is 0 Å². The molecule has 0 aromatic carbocycles. The molecule has 0 fully saturated rings. The monoisotopic (exact) mass is 1320 g/mol. The molecule has 0 aliphatic heterocycles. The summed E-state index contributed by atoms with van der Waals surface area (Å²) in [7, 11) is -9.77. The first-order valence-corrected chi connectivity index (χ1v) is 38.2. The van der Waals surface area contributed by atoms with Gasteiger partial charge in [0.25, 0.3) is 0 Å². The zero-order valence-electron chi connectivity index (χ0n) is 56.7. The maximum absolute atomic E-state index is 12.9. The second-order valence-corrected chi connectivity index (χ2v) is 26.2. The van der Waals surface area contributed by atoms with Gasteiger partial charge < -0.3 is 34.2 Å². The largest absolute Gasteiger partial charge is 0.472 e. The van der Waals surface area contributed by atoms with E-state index in [0.717, 1.165) is 148 Å². The number of unbranched alkanes of at least 4 members (excludes halogenated alkanes) is 25. The summed E-state index contributed by atoms with van der Waals surface area (Å²) in [6.07, 6.45) is 74.4. The van der Waals surface area contributed by atoms with Gasteiger partial charge in [-0.25, -0.2) is 9.13 Å². The lowest BCUT2D eigenvalue weighted by Crippen LogP contribution is -2.30. The lowest BCUT2D eigenvalue weighted by Gasteiger charge is -2.21. The Morgan fingerprint density at radius 3 is 0.923 bits per heavy atom. The third-order valence-electron chi connectivity index (χ3n) is 14.5. The molecule has 0 aliphatic rings. The van der Waals surface area contributed by atoms with Crippen LogP contribution in [0.2, 0.25) is 0 Å². The van der Waals surface area contributed by atoms with Crippen molar-refractivity contribution < 1.29 is 75.8 Å². The maximum Gasteiger partial charge on any atom is 0.472 e. The number of aliphatic hydroxyl groups is 2. The number of aliphatic hydroxyl groups excluding tert-OH is 2. The molecule has 524 valence electrons. The summed E-state index contributed by atoms with van der Waals surface area (Å²) in [4.78, 5) is 58.3. The molecule has 0 saturated carbocycles. The summed E-state index contributed by atoms with van der Waals surface area (Å²) in [5, 5.41) is 20.5. The quantitative estimate of drug-likeness (QED) is 0.0146. The van der Waals surface area contributed by atoms with Crippen molar-refractivity contribution in [2.75, 3.05) is 39.6 Å². The average Bonchev–Trinajstić information content (AvgIpc) is 3.72. The summed E-state index contributed by atoms with van der Waals surface area (Å²) >= 11 is 0. The highest BCUT2D eigenvalue weighted by molar-refractivity contribution is 7.47. The number of allylic oxidation sites excluding steroid dienone is 18. The van der Waals surface area contributed by atoms with Crippen LogP contribution >= 0.6 is 15.6 Å². The highest BCUT2D eigenvalue weighted by Crippen LogP contribution is 2.45. The van der Waals surface area contributed by atoms with Crippen molar-refractivity contribution in [1.29, 1.82) is 0 Å². The Morgan fingerprint density at radius 2 is 0.582 bits per heavy atom. The van der Waals surface area contributed by atoms with Crippen molar-refractivity contribution in [1.82, 2.24) is 0 Å². The SMILES string of the molecule is CC/C=C\C/C=C\C/C=C\C/C=C\C/C=C\C/C=C\CCCCCCCCCCCCC(=O)OCC(O)COP(=O)(O)OCC(O)COP(=O)(O)OCC(COC(=O)CCCCCCC/C=C\C/C=C\C/C=C\CC)OC(=O)CCCCCCCCCCCCC. The highest BCUT2D eigenvalue weighted by Gasteiger charge is 2.29. The fourth-order valence-electron chi connectivity index (χ4n) is 9.18. The van der Waals surface area contributed by atoms with E-state index in [0.29, 0.717) is 19.3 Å². The molecule has 5 unspecified atom stereocenters. The molecular formula is C73H126O16P2. The van der Waals surface area contributed by atoms with Crippen LogP contribution in [-0.2, 0) is 55.8 Å². The van der Waals surface area contributed by atoms with Crippen LogP contribution in [0.15, 0.2) is 109 Å². The molecular weight excluding hydrogens is 1190 g/mol. The number of carbonyl (C=O) groups excluding carboxylic acids is 3. The molecule has 0 aromatic rings. The summed E-state index contributed by atoms with van der Waals surface area (Å²) < 4.78 is 60.8. The summed E-state index contributed by atoms with van der Waals surface area (Å²) in [6, 6.07) is 0. The van der Waals surface area contributed by atoms with Gasteiger partial charge in [0.2, 0.25) is 0 Å². The van der Waals surface area contributed by atoms with Crippen LogP contribution in [0.25, 0.3) is 0 Å². The van der Waals surface area contributed by atoms with E-state index in [-0.39, 0.29) is 19.3 Å². The predicted molar refractivity (Wildman–Crippen MR) is 371 cm³/mol. The standard InChI is InChI=1S/C73H126O16P2/c1-4-7-10-13-16-19-22-24-26-27-28-29-30-31-32-33-34-35-36-37-38-39-41-43-45-47-50-53-56-59-71(76)83-62-68(74)63-85-90(79,80)86-64-69(75)65-87-91(81,82)88-67-70(89-73(78)61-58-55-52-49-44-21-18-15-12-9-6-3)66-84-72(77)60-57-54-51-48-46-42-40-25-23-20-17-14-11-8-5-2/h7-8,10-11,16-17,19-20,24-26,28-29,31-32,34-35,40,68-70,74-75H,4-6,9,12-15,18,21-23,27,30,33,36-39,41-67H2,1-3H3,(H,79,80)(H,81,82)/b10-7-,11-8-,19-16-,20-17-,26-24-,29-28-,32-31-,35-34-,40-25-. The van der Waals surface area contributed by atoms with Crippen LogP contribution in [0, 0.1) is 0 Å². The molecule has 18 heteroatoms. The third kappa shape index (κ3) is 67.4. The number of phosphoric ester groups is 2. The second kappa shape index (κ2) is 66.2. The van der Waals surface area contributed by atoms with Gasteiger partial charge in [0.1, 0.15) is 25.4 Å². The molecule has 0 aliphatic carbocycles. The average molecular weight is 1320 g/mol. The minimum absolute atomic E-state index is 0.103. The van der Waals surface area contributed by atoms with Gasteiger partial charge in [0, 0.05) is 19.3 Å². The van der Waals surface area contributed by atoms with E-state index in [4.69, 9.17) is 32.3 Å². The predicted octanol–water partition coefficient (Wildman–Crippen LogP) is 19.6. The van der Waals surface area contributed by atoms with Crippen molar-refractivity contribution in [2.45, 2.75) is 296 Å². The van der Waals surface area contributed by atoms with Crippen molar-refractivity contribution in [3.63, 3.8) is 0 Å². The Kier molecular flexibility index (Phi) is 63.5. The number of hydrogen-bond acceptors (Lipinski definition) is 14. The minimum Gasteiger partial charge on any atom is -0.463 e. The van der Waals surface area contributed by atoms with Crippen molar-refractivity contribution in [3.8, 4) is 0 Å². The molecule has 4 N–H and O–H groups in total. The number of hydrogen-bond donors (Lipinski definition) is 4. The molecule has 91 heavy (non-hydrogen) atoms. The van der Waals surface area contributed by atoms with E-state index in [1.807, 2.05) is 0 Å². The van der Waals surface area contributed by atoms with Gasteiger partial charge in [-0.1, -0.05) is 265 Å². The number of carbonyl (C=O) groups is 3. The Labute approximate surface area is 551 Å². The van der Waals surface area contributed by atoms with Gasteiger partial charge in [-0.05, 0) is 103 Å². The van der Waals surface area contributed by atoms with Gasteiger partial charge >= 0.3 is 33.6 Å². The van der Waals surface area contributed by atoms with E-state index in [1.165, 1.54) is 70.6 Å². The fraction of sp³-hybridized carbons (Fsp3) is 0.712. The lowest BCUT2D eigenvalue weighted by atomic mass is 10.1. The summed E-state index contributed by atoms with van der Waals surface area (Å²) in [5.74, 6) is -1.60. The molecule has 0 saturated heterocycles. The minimum atomic E-state index is -4.92. The molecule has 0 aromatic heterocycles. The fourth-order valence-corrected chi connectivity index (χ4v) is 10.8. The molecule has 0 rings (SSSR count). The van der Waals surface area contributed by atoms with Crippen LogP contribution in [0.3, 0.4) is 0 Å². The van der Waals surface area contributed by atoms with Crippen LogP contribution in [0.4, 0.5) is 0 Å². The second-order valence-electron chi connectivity index (χ2n) is 23.3. The van der Waals surface area contributed by atoms with E-state index < -0.39 is 91.5 Å². The third-order valence-corrected chi connectivity index (χ3v) is 16.4. The van der Waals surface area contributed by atoms with E-state index in [2.05, 4.69) is 130 Å². The summed E-state index contributed by atoms with van der Waals surface area (Å²) in [6.45, 7) is 2.41. The van der Waals surface area contributed by atoms with Gasteiger partial charge in [-0.15, -0.1) is 0 Å². The number of esters is 3. The molecule has 0 heterocycles. The van der Waals surface area contributed by atoms with Gasteiger partial charge in [0.15, 0.2) is 6.10 Å². The van der Waals surface area contributed by atoms with Crippen molar-refractivity contribution in [2.24, 2.45) is 0 Å². The van der Waals surface area contributed by atoms with Crippen LogP contribution in [0.1, 0.15) is 278 Å². The number of rotatable bonds is 66. The number of ether oxygens (including phenoxy) is 3. The van der Waals surface area contributed by atoms with E-state index in [9.17, 15) is 43.5 Å². The molecule has 16 nitrogen and oxygen atoms in total. The lowest BCUT2D eigenvalue weighted by molar-refractivity contribution is -0.161. The Bertz CT molecular complexity index is 2100. The summed E-state index contributed by atoms with van der Waals surface area (Å²) in [5.41, 5.74) is 0. The van der Waals surface area contributed by atoms with Crippen molar-refractivity contribution in [3.05, 3.63) is 109 Å². The molecule has 0 radical (unpaired) electrons. The normalized spacial score (nSPS) is 14.8. The first-order chi connectivity index (χ1) is 44.2. The van der Waals surface area contributed by atoms with Gasteiger partial charge in [-0.3, -0.25) is 32.5 Å². The molecule has 0 bridgehead atoms. The highest BCUT2D eigenvalue weighted by atomic mass is 31.2. The topological polar surface area (TPSA) is 231 Å². The number of phosphoric acid groups is 2. The Balaban J connectivity index is 4.43. The molecule has 0 spiro atoms. The van der Waals surface area contributed by atoms with Gasteiger partial charge in [-0.2, -0.15) is 0 Å². The van der Waals surface area contributed by atoms with Gasteiger partial charge in [0.05, 0.1) is 26.4 Å². The molecule has 5 atom stereocenters. The van der Waals surface area contributed by atoms with E-state index >= 15 is 0 Å². The van der Waals surface area contributed by atoms with Crippen molar-refractivity contribution >= 4 is 33.6 Å². The molecule has 0 amide bonds. The Hall–Kier alpha value is -3.79. The zero-order chi connectivity index (χ0) is 66.7. The van der Waals surface area contributed by atoms with Crippen LogP contribution in [-0.4, -0.2) is 95.9 Å². The van der Waals surface area contributed by atoms with E-state index in [1.54, 1.807) is 0 Å². The maximum atomic E-state index is 12.9. The first kappa shape index (κ1) is 87.2. The first-order valence-electron chi connectivity index (χ1n) is 35.2. The zero-order valence-corrected chi connectivity index (χ0v) is 58.5. The van der Waals surface area contributed by atoms with Crippen LogP contribution in [0.5, 0.6) is 0 Å². The smallest absolute Gasteiger partial charge is 0.463 e. The Morgan fingerprint density at radius 1 is 0.319 bits per heavy atom.